The van der Waals surface area contributed by atoms with Gasteiger partial charge in [0.05, 0.1) is 12.1 Å². The second-order valence-electron chi connectivity index (χ2n) is 5.25. The Kier molecular flexibility index (Phi) is 5.06. The number of thiazole rings is 1. The van der Waals surface area contributed by atoms with Crippen LogP contribution in [0.15, 0.2) is 53.0 Å². The highest BCUT2D eigenvalue weighted by Gasteiger charge is 2.13. The van der Waals surface area contributed by atoms with E-state index in [4.69, 9.17) is 0 Å². The average Bonchev–Trinajstić information content (AvgIpc) is 2.90. The molecule has 1 heterocycles. The van der Waals surface area contributed by atoms with Crippen LogP contribution in [0.2, 0.25) is 0 Å². The van der Waals surface area contributed by atoms with E-state index < -0.39 is 0 Å². The molecule has 6 heteroatoms. The van der Waals surface area contributed by atoms with Crippen LogP contribution >= 0.6 is 27.3 Å². The molecule has 3 rings (SSSR count). The van der Waals surface area contributed by atoms with E-state index in [0.29, 0.717) is 10.7 Å². The van der Waals surface area contributed by atoms with Crippen LogP contribution in [0, 0.1) is 12.7 Å². The summed E-state index contributed by atoms with van der Waals surface area (Å²) in [5.74, 6) is -0.658. The number of aryl methyl sites for hydroxylation is 1. The Morgan fingerprint density at radius 1 is 1.21 bits per heavy atom. The number of rotatable bonds is 4. The van der Waals surface area contributed by atoms with Crippen LogP contribution in [0.3, 0.4) is 0 Å². The van der Waals surface area contributed by atoms with Gasteiger partial charge in [-0.3, -0.25) is 4.79 Å². The maximum atomic E-state index is 13.6. The number of halogens is 2. The first-order chi connectivity index (χ1) is 11.5. The average molecular weight is 405 g/mol. The Morgan fingerprint density at radius 2 is 1.92 bits per heavy atom. The standard InChI is InChI=1S/C18H14BrFN2OS/c1-11-17(12-6-8-14(19)9-7-12)22-18(24-11)21-16(23)10-13-4-2-3-5-15(13)20/h2-9H,10H2,1H3,(H,21,22,23). The van der Waals surface area contributed by atoms with Crippen LogP contribution in [-0.2, 0) is 11.2 Å². The van der Waals surface area contributed by atoms with E-state index in [2.05, 4.69) is 26.2 Å². The molecule has 3 nitrogen and oxygen atoms in total. The lowest BCUT2D eigenvalue weighted by molar-refractivity contribution is -0.115. The minimum absolute atomic E-state index is 0.0150. The van der Waals surface area contributed by atoms with E-state index in [9.17, 15) is 9.18 Å². The van der Waals surface area contributed by atoms with Gasteiger partial charge in [-0.05, 0) is 30.7 Å². The van der Waals surface area contributed by atoms with Crippen molar-refractivity contribution in [2.75, 3.05) is 5.32 Å². The zero-order valence-electron chi connectivity index (χ0n) is 12.8. The molecule has 0 aliphatic carbocycles. The summed E-state index contributed by atoms with van der Waals surface area (Å²) < 4.78 is 14.6. The summed E-state index contributed by atoms with van der Waals surface area (Å²) in [6, 6.07) is 14.1. The Balaban J connectivity index is 1.74. The van der Waals surface area contributed by atoms with Crippen LogP contribution in [0.25, 0.3) is 11.3 Å². The maximum Gasteiger partial charge on any atom is 0.230 e. The molecule has 3 aromatic rings. The second kappa shape index (κ2) is 7.23. The van der Waals surface area contributed by atoms with Crippen molar-refractivity contribution in [2.24, 2.45) is 0 Å². The number of hydrogen-bond donors (Lipinski definition) is 1. The van der Waals surface area contributed by atoms with Gasteiger partial charge in [-0.15, -0.1) is 11.3 Å². The summed E-state index contributed by atoms with van der Waals surface area (Å²) in [5, 5.41) is 3.27. The fourth-order valence-electron chi connectivity index (χ4n) is 2.30. The zero-order valence-corrected chi connectivity index (χ0v) is 15.2. The molecule has 1 amide bonds. The molecule has 0 bridgehead atoms. The predicted octanol–water partition coefficient (Wildman–Crippen LogP) is 5.20. The molecular weight excluding hydrogens is 391 g/mol. The SMILES string of the molecule is Cc1sc(NC(=O)Cc2ccccc2F)nc1-c1ccc(Br)cc1. The molecule has 0 spiro atoms. The van der Waals surface area contributed by atoms with Crippen LogP contribution in [0.5, 0.6) is 0 Å². The van der Waals surface area contributed by atoms with Gasteiger partial charge in [0, 0.05) is 14.9 Å². The van der Waals surface area contributed by atoms with E-state index in [1.165, 1.54) is 17.4 Å². The first-order valence-electron chi connectivity index (χ1n) is 7.29. The highest BCUT2D eigenvalue weighted by molar-refractivity contribution is 9.10. The van der Waals surface area contributed by atoms with E-state index in [1.54, 1.807) is 18.2 Å². The lowest BCUT2D eigenvalue weighted by Gasteiger charge is -2.03. The monoisotopic (exact) mass is 404 g/mol. The Morgan fingerprint density at radius 3 is 2.62 bits per heavy atom. The molecule has 1 N–H and O–H groups in total. The van der Waals surface area contributed by atoms with E-state index in [-0.39, 0.29) is 18.1 Å². The van der Waals surface area contributed by atoms with Gasteiger partial charge >= 0.3 is 0 Å². The quantitative estimate of drug-likeness (QED) is 0.648. The fraction of sp³-hybridized carbons (Fsp3) is 0.111. The molecule has 2 aromatic carbocycles. The lowest BCUT2D eigenvalue weighted by Crippen LogP contribution is -2.15. The molecule has 0 unspecified atom stereocenters. The molecule has 122 valence electrons. The highest BCUT2D eigenvalue weighted by atomic mass is 79.9. The predicted molar refractivity (Wildman–Crippen MR) is 98.7 cm³/mol. The number of carbonyl (C=O) groups excluding carboxylic acids is 1. The normalized spacial score (nSPS) is 10.6. The Hall–Kier alpha value is -2.05. The van der Waals surface area contributed by atoms with E-state index in [1.807, 2.05) is 31.2 Å². The van der Waals surface area contributed by atoms with Gasteiger partial charge in [-0.2, -0.15) is 0 Å². The van der Waals surface area contributed by atoms with Crippen LogP contribution in [-0.4, -0.2) is 10.9 Å². The van der Waals surface area contributed by atoms with Crippen molar-refractivity contribution in [2.45, 2.75) is 13.3 Å². The van der Waals surface area contributed by atoms with Gasteiger partial charge in [0.15, 0.2) is 5.13 Å². The molecule has 0 radical (unpaired) electrons. The number of anilines is 1. The summed E-state index contributed by atoms with van der Waals surface area (Å²) in [6.07, 6.45) is -0.0150. The molecule has 0 saturated carbocycles. The summed E-state index contributed by atoms with van der Waals surface area (Å²) >= 11 is 4.81. The van der Waals surface area contributed by atoms with Gasteiger partial charge < -0.3 is 5.32 Å². The smallest absolute Gasteiger partial charge is 0.230 e. The van der Waals surface area contributed by atoms with Crippen molar-refractivity contribution in [3.8, 4) is 11.3 Å². The van der Waals surface area contributed by atoms with E-state index >= 15 is 0 Å². The van der Waals surface area contributed by atoms with Gasteiger partial charge in [0.2, 0.25) is 5.91 Å². The topological polar surface area (TPSA) is 42.0 Å². The largest absolute Gasteiger partial charge is 0.302 e. The molecule has 0 atom stereocenters. The van der Waals surface area contributed by atoms with Crippen LogP contribution < -0.4 is 5.32 Å². The van der Waals surface area contributed by atoms with Crippen molar-refractivity contribution < 1.29 is 9.18 Å². The second-order valence-corrected chi connectivity index (χ2v) is 7.37. The number of benzene rings is 2. The van der Waals surface area contributed by atoms with Crippen molar-refractivity contribution >= 4 is 38.3 Å². The van der Waals surface area contributed by atoms with Crippen LogP contribution in [0.4, 0.5) is 9.52 Å². The third-order valence-electron chi connectivity index (χ3n) is 3.47. The molecular formula is C18H14BrFN2OS. The maximum absolute atomic E-state index is 13.6. The van der Waals surface area contributed by atoms with Gasteiger partial charge in [-0.1, -0.05) is 46.3 Å². The van der Waals surface area contributed by atoms with Gasteiger partial charge in [0.25, 0.3) is 0 Å². The summed E-state index contributed by atoms with van der Waals surface area (Å²) in [5.41, 5.74) is 2.20. The molecule has 1 aromatic heterocycles. The Labute approximate surface area is 151 Å². The molecule has 0 aliphatic rings. The number of nitrogens with zero attached hydrogens (tertiary/aromatic N) is 1. The van der Waals surface area contributed by atoms with Crippen molar-refractivity contribution in [1.29, 1.82) is 0 Å². The summed E-state index contributed by atoms with van der Waals surface area (Å²) in [4.78, 5) is 17.6. The van der Waals surface area contributed by atoms with Gasteiger partial charge in [0.1, 0.15) is 5.82 Å². The minimum Gasteiger partial charge on any atom is -0.302 e. The number of amides is 1. The molecule has 24 heavy (non-hydrogen) atoms. The molecule has 0 fully saturated rings. The highest BCUT2D eigenvalue weighted by Crippen LogP contribution is 2.31. The van der Waals surface area contributed by atoms with Crippen molar-refractivity contribution in [3.05, 3.63) is 69.3 Å². The lowest BCUT2D eigenvalue weighted by atomic mass is 10.1. The summed E-state index contributed by atoms with van der Waals surface area (Å²) in [6.45, 7) is 1.96. The van der Waals surface area contributed by atoms with E-state index in [0.717, 1.165) is 20.6 Å². The van der Waals surface area contributed by atoms with Crippen molar-refractivity contribution in [3.63, 3.8) is 0 Å². The number of carbonyl (C=O) groups is 1. The Bertz CT molecular complexity index is 877. The summed E-state index contributed by atoms with van der Waals surface area (Å²) in [7, 11) is 0. The first-order valence-corrected chi connectivity index (χ1v) is 8.90. The third-order valence-corrected chi connectivity index (χ3v) is 4.88. The number of aromatic nitrogens is 1. The fourth-order valence-corrected chi connectivity index (χ4v) is 3.42. The van der Waals surface area contributed by atoms with Crippen LogP contribution in [0.1, 0.15) is 10.4 Å². The first kappa shape index (κ1) is 16.8. The third kappa shape index (κ3) is 3.88. The molecule has 0 saturated heterocycles. The zero-order chi connectivity index (χ0) is 17.1. The minimum atomic E-state index is -0.376. The number of nitrogens with one attached hydrogen (secondary N) is 1. The molecule has 0 aliphatic heterocycles. The van der Waals surface area contributed by atoms with Gasteiger partial charge in [-0.25, -0.2) is 9.37 Å². The van der Waals surface area contributed by atoms with Crippen molar-refractivity contribution in [1.82, 2.24) is 4.98 Å². The number of hydrogen-bond acceptors (Lipinski definition) is 3.